The van der Waals surface area contributed by atoms with Crippen LogP contribution in [0.3, 0.4) is 0 Å². The monoisotopic (exact) mass is 446 g/mol. The lowest BCUT2D eigenvalue weighted by atomic mass is 10.1. The van der Waals surface area contributed by atoms with Gasteiger partial charge >= 0.3 is 0 Å². The minimum atomic E-state index is -0.410. The van der Waals surface area contributed by atoms with E-state index in [1.807, 2.05) is 30.3 Å². The van der Waals surface area contributed by atoms with Gasteiger partial charge in [-0.1, -0.05) is 29.8 Å². The molecule has 160 valence electrons. The molecule has 7 nitrogen and oxygen atoms in total. The fourth-order valence-electron chi connectivity index (χ4n) is 3.14. The molecule has 0 atom stereocenters. The molecule has 4 rings (SSSR count). The van der Waals surface area contributed by atoms with Gasteiger partial charge in [-0.25, -0.2) is 4.98 Å². The highest BCUT2D eigenvalue weighted by atomic mass is 35.5. The molecule has 2 amide bonds. The van der Waals surface area contributed by atoms with Crippen molar-refractivity contribution in [1.29, 1.82) is 0 Å². The number of amides is 2. The molecule has 0 fully saturated rings. The number of carbonyl (C=O) groups is 2. The molecule has 0 saturated heterocycles. The van der Waals surface area contributed by atoms with Crippen LogP contribution in [0.1, 0.15) is 15.9 Å². The maximum absolute atomic E-state index is 12.8. The van der Waals surface area contributed by atoms with Gasteiger partial charge in [0.2, 0.25) is 5.91 Å². The first kappa shape index (κ1) is 21.1. The van der Waals surface area contributed by atoms with Crippen molar-refractivity contribution in [1.82, 2.24) is 9.97 Å². The Labute approximate surface area is 189 Å². The van der Waals surface area contributed by atoms with E-state index in [2.05, 4.69) is 20.6 Å². The number of hydrogen-bond acceptors (Lipinski definition) is 4. The number of benzene rings is 2. The Morgan fingerprint density at radius 2 is 1.91 bits per heavy atom. The number of aromatic nitrogens is 2. The SMILES string of the molecule is COc1ccccc1C=CC(=O)Nc1ccc(Cl)c(C(=O)Nc2cnc3[nH]ccc3c2)c1. The summed E-state index contributed by atoms with van der Waals surface area (Å²) in [5.74, 6) is -0.103. The number of halogens is 1. The van der Waals surface area contributed by atoms with E-state index in [0.717, 1.165) is 16.6 Å². The predicted molar refractivity (Wildman–Crippen MR) is 126 cm³/mol. The molecular formula is C24H19ClN4O3. The van der Waals surface area contributed by atoms with E-state index < -0.39 is 5.91 Å². The number of nitrogens with zero attached hydrogens (tertiary/aromatic N) is 1. The van der Waals surface area contributed by atoms with Crippen LogP contribution in [0.5, 0.6) is 5.75 Å². The van der Waals surface area contributed by atoms with Crippen LogP contribution < -0.4 is 15.4 Å². The number of methoxy groups -OCH3 is 1. The molecule has 0 spiro atoms. The Morgan fingerprint density at radius 3 is 2.75 bits per heavy atom. The van der Waals surface area contributed by atoms with Crippen molar-refractivity contribution < 1.29 is 14.3 Å². The zero-order valence-corrected chi connectivity index (χ0v) is 17.8. The van der Waals surface area contributed by atoms with Gasteiger partial charge in [-0.15, -0.1) is 0 Å². The molecule has 0 saturated carbocycles. The van der Waals surface area contributed by atoms with Crippen molar-refractivity contribution >= 4 is 51.9 Å². The number of hydrogen-bond donors (Lipinski definition) is 3. The highest BCUT2D eigenvalue weighted by Gasteiger charge is 2.13. The molecule has 0 aliphatic heterocycles. The van der Waals surface area contributed by atoms with Gasteiger partial charge in [-0.2, -0.15) is 0 Å². The first-order valence-corrected chi connectivity index (χ1v) is 10.1. The molecular weight excluding hydrogens is 428 g/mol. The van der Waals surface area contributed by atoms with E-state index in [1.54, 1.807) is 43.8 Å². The van der Waals surface area contributed by atoms with E-state index >= 15 is 0 Å². The van der Waals surface area contributed by atoms with E-state index in [0.29, 0.717) is 17.1 Å². The van der Waals surface area contributed by atoms with Crippen molar-refractivity contribution in [2.45, 2.75) is 0 Å². The Kier molecular flexibility index (Phi) is 6.19. The summed E-state index contributed by atoms with van der Waals surface area (Å²) >= 11 is 6.22. The standard InChI is InChI=1S/C24H19ClN4O3/c1-32-21-5-3-2-4-15(21)6-9-22(30)28-17-7-8-20(25)19(13-17)24(31)29-18-12-16-10-11-26-23(16)27-14-18/h2-14H,1H3,(H,26,27)(H,28,30)(H,29,31). The van der Waals surface area contributed by atoms with Gasteiger partial charge in [0, 0.05) is 28.9 Å². The van der Waals surface area contributed by atoms with Crippen molar-refractivity contribution in [3.63, 3.8) is 0 Å². The zero-order chi connectivity index (χ0) is 22.5. The highest BCUT2D eigenvalue weighted by molar-refractivity contribution is 6.34. The molecule has 0 radical (unpaired) electrons. The number of fused-ring (bicyclic) bond motifs is 1. The third kappa shape index (κ3) is 4.79. The fourth-order valence-corrected chi connectivity index (χ4v) is 3.34. The lowest BCUT2D eigenvalue weighted by Gasteiger charge is -2.09. The number of aromatic amines is 1. The molecule has 2 heterocycles. The smallest absolute Gasteiger partial charge is 0.257 e. The normalized spacial score (nSPS) is 10.9. The lowest BCUT2D eigenvalue weighted by Crippen LogP contribution is -2.14. The second kappa shape index (κ2) is 9.36. The highest BCUT2D eigenvalue weighted by Crippen LogP contribution is 2.23. The molecule has 0 aliphatic rings. The van der Waals surface area contributed by atoms with E-state index in [4.69, 9.17) is 16.3 Å². The van der Waals surface area contributed by atoms with Crippen LogP contribution >= 0.6 is 11.6 Å². The summed E-state index contributed by atoms with van der Waals surface area (Å²) in [7, 11) is 1.57. The number of anilines is 2. The predicted octanol–water partition coefficient (Wildman–Crippen LogP) is 5.13. The number of ether oxygens (including phenoxy) is 1. The number of nitrogens with one attached hydrogen (secondary N) is 3. The van der Waals surface area contributed by atoms with Gasteiger partial charge in [0.25, 0.3) is 5.91 Å². The Hall–Kier alpha value is -4.10. The first-order chi connectivity index (χ1) is 15.5. The van der Waals surface area contributed by atoms with E-state index in [-0.39, 0.29) is 16.5 Å². The second-order valence-electron chi connectivity index (χ2n) is 6.85. The maximum Gasteiger partial charge on any atom is 0.257 e. The largest absolute Gasteiger partial charge is 0.496 e. The summed E-state index contributed by atoms with van der Waals surface area (Å²) in [5, 5.41) is 6.65. The van der Waals surface area contributed by atoms with Gasteiger partial charge in [-0.3, -0.25) is 9.59 Å². The van der Waals surface area contributed by atoms with E-state index in [1.165, 1.54) is 12.1 Å². The quantitative estimate of drug-likeness (QED) is 0.358. The van der Waals surface area contributed by atoms with Crippen LogP contribution in [0.4, 0.5) is 11.4 Å². The van der Waals surface area contributed by atoms with E-state index in [9.17, 15) is 9.59 Å². The second-order valence-corrected chi connectivity index (χ2v) is 7.26. The summed E-state index contributed by atoms with van der Waals surface area (Å²) in [6, 6.07) is 15.7. The number of rotatable bonds is 6. The third-order valence-electron chi connectivity index (χ3n) is 4.69. The number of H-pyrrole nitrogens is 1. The molecule has 3 N–H and O–H groups in total. The molecule has 8 heteroatoms. The van der Waals surface area contributed by atoms with Crippen LogP contribution in [0.25, 0.3) is 17.1 Å². The molecule has 4 aromatic rings. The van der Waals surface area contributed by atoms with Crippen molar-refractivity contribution in [3.05, 3.63) is 89.2 Å². The summed E-state index contributed by atoms with van der Waals surface area (Å²) in [4.78, 5) is 32.4. The van der Waals surface area contributed by atoms with Crippen molar-refractivity contribution in [2.75, 3.05) is 17.7 Å². The average Bonchev–Trinajstić information content (AvgIpc) is 3.27. The summed E-state index contributed by atoms with van der Waals surface area (Å²) in [6.07, 6.45) is 6.37. The van der Waals surface area contributed by atoms with Crippen LogP contribution in [-0.2, 0) is 4.79 Å². The van der Waals surface area contributed by atoms with Crippen molar-refractivity contribution in [3.8, 4) is 5.75 Å². The number of pyridine rings is 1. The van der Waals surface area contributed by atoms with Crippen LogP contribution in [0.15, 0.2) is 73.1 Å². The van der Waals surface area contributed by atoms with Gasteiger partial charge in [0.05, 0.1) is 29.6 Å². The average molecular weight is 447 g/mol. The van der Waals surface area contributed by atoms with Crippen LogP contribution in [0.2, 0.25) is 5.02 Å². The number of carbonyl (C=O) groups excluding carboxylic acids is 2. The Balaban J connectivity index is 1.47. The van der Waals surface area contributed by atoms with Gasteiger partial charge in [0.15, 0.2) is 0 Å². The molecule has 2 aromatic carbocycles. The summed E-state index contributed by atoms with van der Waals surface area (Å²) < 4.78 is 5.27. The Bertz CT molecular complexity index is 1330. The Morgan fingerprint density at radius 1 is 1.06 bits per heavy atom. The molecule has 0 bridgehead atoms. The zero-order valence-electron chi connectivity index (χ0n) is 17.1. The molecule has 0 aliphatic carbocycles. The van der Waals surface area contributed by atoms with Crippen LogP contribution in [-0.4, -0.2) is 28.9 Å². The van der Waals surface area contributed by atoms with Gasteiger partial charge in [-0.05, 0) is 42.5 Å². The molecule has 2 aromatic heterocycles. The number of para-hydroxylation sites is 1. The molecule has 0 unspecified atom stereocenters. The summed E-state index contributed by atoms with van der Waals surface area (Å²) in [5.41, 5.74) is 2.70. The fraction of sp³-hybridized carbons (Fsp3) is 0.0417. The first-order valence-electron chi connectivity index (χ1n) is 9.69. The lowest BCUT2D eigenvalue weighted by molar-refractivity contribution is -0.111. The van der Waals surface area contributed by atoms with Gasteiger partial charge in [0.1, 0.15) is 11.4 Å². The van der Waals surface area contributed by atoms with Crippen molar-refractivity contribution in [2.24, 2.45) is 0 Å². The minimum Gasteiger partial charge on any atom is -0.496 e. The minimum absolute atomic E-state index is 0.229. The molecule has 32 heavy (non-hydrogen) atoms. The maximum atomic E-state index is 12.8. The van der Waals surface area contributed by atoms with Gasteiger partial charge < -0.3 is 20.4 Å². The third-order valence-corrected chi connectivity index (χ3v) is 5.02. The van der Waals surface area contributed by atoms with Crippen LogP contribution in [0, 0.1) is 0 Å². The summed E-state index contributed by atoms with van der Waals surface area (Å²) in [6.45, 7) is 0. The topological polar surface area (TPSA) is 96.1 Å².